The average Bonchev–Trinajstić information content (AvgIpc) is 3.09. The number of nitriles is 1. The van der Waals surface area contributed by atoms with Gasteiger partial charge in [-0.2, -0.15) is 5.26 Å². The number of fused-ring (bicyclic) bond motifs is 1. The molecule has 0 radical (unpaired) electrons. The summed E-state index contributed by atoms with van der Waals surface area (Å²) in [7, 11) is 0. The van der Waals surface area contributed by atoms with Crippen molar-refractivity contribution < 1.29 is 8.78 Å². The molecule has 3 N–H and O–H groups in total. The van der Waals surface area contributed by atoms with Gasteiger partial charge in [0.15, 0.2) is 5.96 Å². The van der Waals surface area contributed by atoms with Gasteiger partial charge in [-0.15, -0.1) is 24.0 Å². The van der Waals surface area contributed by atoms with Crippen LogP contribution in [0.1, 0.15) is 23.6 Å². The number of nitrogens with one attached hydrogen (secondary N) is 3. The van der Waals surface area contributed by atoms with E-state index in [1.807, 2.05) is 19.2 Å². The number of guanidine groups is 1. The van der Waals surface area contributed by atoms with E-state index in [4.69, 9.17) is 5.26 Å². The molecule has 29 heavy (non-hydrogen) atoms. The summed E-state index contributed by atoms with van der Waals surface area (Å²) >= 11 is 0. The minimum atomic E-state index is -0.445. The topological polar surface area (TPSA) is 76.0 Å². The van der Waals surface area contributed by atoms with E-state index in [1.165, 1.54) is 18.2 Å². The molecule has 0 atom stereocenters. The molecular weight excluding hydrogens is 487 g/mol. The second kappa shape index (κ2) is 10.8. The number of aliphatic imine (C=N–C) groups is 1. The molecule has 0 saturated heterocycles. The highest BCUT2D eigenvalue weighted by molar-refractivity contribution is 14.0. The summed E-state index contributed by atoms with van der Waals surface area (Å²) < 4.78 is 27.5. The molecule has 0 unspecified atom stereocenters. The fourth-order valence-electron chi connectivity index (χ4n) is 2.92. The van der Waals surface area contributed by atoms with Gasteiger partial charge in [0.1, 0.15) is 11.6 Å². The van der Waals surface area contributed by atoms with Crippen molar-refractivity contribution in [1.29, 1.82) is 5.26 Å². The Hall–Kier alpha value is -2.67. The van der Waals surface area contributed by atoms with Gasteiger partial charge in [0, 0.05) is 35.8 Å². The van der Waals surface area contributed by atoms with Gasteiger partial charge in [0.25, 0.3) is 0 Å². The standard InChI is InChI=1S/C21H21F2N5.HI/c1-2-25-21(28-13-16-4-3-14(11-24)9-19(16)23)26-8-7-15-12-27-20-6-5-17(22)10-18(15)20;/h3-6,9-10,12,27H,2,7-8,13H2,1H3,(H2,25,26,28);1H. The van der Waals surface area contributed by atoms with Crippen LogP contribution in [-0.4, -0.2) is 24.0 Å². The number of halogens is 3. The lowest BCUT2D eigenvalue weighted by molar-refractivity contribution is 0.609. The van der Waals surface area contributed by atoms with Gasteiger partial charge in [-0.25, -0.2) is 13.8 Å². The minimum Gasteiger partial charge on any atom is -0.361 e. The minimum absolute atomic E-state index is 0. The molecule has 1 heterocycles. The Labute approximate surface area is 185 Å². The molecule has 152 valence electrons. The third kappa shape index (κ3) is 5.90. The molecule has 2 aromatic carbocycles. The van der Waals surface area contributed by atoms with Crippen LogP contribution in [0.2, 0.25) is 0 Å². The molecule has 0 aliphatic rings. The van der Waals surface area contributed by atoms with Crippen LogP contribution in [0, 0.1) is 23.0 Å². The van der Waals surface area contributed by atoms with Gasteiger partial charge in [0.05, 0.1) is 18.2 Å². The smallest absolute Gasteiger partial charge is 0.191 e. The van der Waals surface area contributed by atoms with Crippen molar-refractivity contribution in [2.24, 2.45) is 4.99 Å². The van der Waals surface area contributed by atoms with E-state index < -0.39 is 5.82 Å². The molecule has 0 aliphatic carbocycles. The first kappa shape index (κ1) is 22.6. The number of H-pyrrole nitrogens is 1. The number of benzene rings is 2. The van der Waals surface area contributed by atoms with E-state index in [1.54, 1.807) is 18.2 Å². The summed E-state index contributed by atoms with van der Waals surface area (Å²) in [5.74, 6) is -0.141. The van der Waals surface area contributed by atoms with Crippen molar-refractivity contribution in [2.75, 3.05) is 13.1 Å². The Kier molecular flexibility index (Phi) is 8.39. The van der Waals surface area contributed by atoms with Gasteiger partial charge < -0.3 is 15.6 Å². The maximum absolute atomic E-state index is 14.0. The van der Waals surface area contributed by atoms with Gasteiger partial charge >= 0.3 is 0 Å². The maximum Gasteiger partial charge on any atom is 0.191 e. The summed E-state index contributed by atoms with van der Waals surface area (Å²) in [4.78, 5) is 7.54. The fraction of sp³-hybridized carbons (Fsp3) is 0.238. The molecule has 1 aromatic heterocycles. The molecule has 5 nitrogen and oxygen atoms in total. The van der Waals surface area contributed by atoms with Gasteiger partial charge in [-0.3, -0.25) is 0 Å². The summed E-state index contributed by atoms with van der Waals surface area (Å²) in [6, 6.07) is 10.9. The molecule has 0 spiro atoms. The predicted molar refractivity (Wildman–Crippen MR) is 121 cm³/mol. The van der Waals surface area contributed by atoms with Gasteiger partial charge in [-0.05, 0) is 49.2 Å². The summed E-state index contributed by atoms with van der Waals surface area (Å²) in [5.41, 5.74) is 2.61. The quantitative estimate of drug-likeness (QED) is 0.265. The van der Waals surface area contributed by atoms with E-state index in [0.29, 0.717) is 31.0 Å². The molecule has 0 bridgehead atoms. The Morgan fingerprint density at radius 2 is 1.97 bits per heavy atom. The highest BCUT2D eigenvalue weighted by Crippen LogP contribution is 2.19. The van der Waals surface area contributed by atoms with E-state index in [2.05, 4.69) is 20.6 Å². The number of aromatic amines is 1. The van der Waals surface area contributed by atoms with Crippen LogP contribution >= 0.6 is 24.0 Å². The first-order valence-corrected chi connectivity index (χ1v) is 9.07. The Morgan fingerprint density at radius 3 is 2.69 bits per heavy atom. The number of rotatable bonds is 6. The van der Waals surface area contributed by atoms with Crippen LogP contribution in [-0.2, 0) is 13.0 Å². The molecule has 3 rings (SSSR count). The zero-order chi connectivity index (χ0) is 19.9. The van der Waals surface area contributed by atoms with Crippen molar-refractivity contribution in [3.8, 4) is 6.07 Å². The lowest BCUT2D eigenvalue weighted by atomic mass is 10.1. The highest BCUT2D eigenvalue weighted by atomic mass is 127. The highest BCUT2D eigenvalue weighted by Gasteiger charge is 2.07. The monoisotopic (exact) mass is 509 g/mol. The first-order valence-electron chi connectivity index (χ1n) is 9.07. The molecule has 0 aliphatic heterocycles. The third-order valence-electron chi connectivity index (χ3n) is 4.35. The lowest BCUT2D eigenvalue weighted by Crippen LogP contribution is -2.38. The number of hydrogen-bond donors (Lipinski definition) is 3. The van der Waals surface area contributed by atoms with Crippen molar-refractivity contribution in [1.82, 2.24) is 15.6 Å². The van der Waals surface area contributed by atoms with Crippen molar-refractivity contribution in [2.45, 2.75) is 19.9 Å². The van der Waals surface area contributed by atoms with E-state index in [0.717, 1.165) is 16.5 Å². The van der Waals surface area contributed by atoms with Crippen LogP contribution in [0.25, 0.3) is 10.9 Å². The zero-order valence-corrected chi connectivity index (χ0v) is 18.3. The number of nitrogens with zero attached hydrogens (tertiary/aromatic N) is 2. The largest absolute Gasteiger partial charge is 0.361 e. The Balaban J connectivity index is 0.00000300. The number of hydrogen-bond acceptors (Lipinski definition) is 2. The van der Waals surface area contributed by atoms with Crippen molar-refractivity contribution in [3.63, 3.8) is 0 Å². The third-order valence-corrected chi connectivity index (χ3v) is 4.35. The molecule has 3 aromatic rings. The van der Waals surface area contributed by atoms with E-state index >= 15 is 0 Å². The van der Waals surface area contributed by atoms with Gasteiger partial charge in [-0.1, -0.05) is 6.07 Å². The van der Waals surface area contributed by atoms with Crippen LogP contribution < -0.4 is 10.6 Å². The van der Waals surface area contributed by atoms with Crippen LogP contribution in [0.3, 0.4) is 0 Å². The predicted octanol–water partition coefficient (Wildman–Crippen LogP) is 4.23. The number of aromatic nitrogens is 1. The zero-order valence-electron chi connectivity index (χ0n) is 15.9. The molecular formula is C21H22F2IN5. The SMILES string of the molecule is CCNC(=NCc1ccc(C#N)cc1F)NCCc1c[nH]c2ccc(F)cc12.I. The first-order chi connectivity index (χ1) is 13.6. The normalized spacial score (nSPS) is 11.0. The van der Waals surface area contributed by atoms with Crippen LogP contribution in [0.4, 0.5) is 8.78 Å². The lowest BCUT2D eigenvalue weighted by Gasteiger charge is -2.11. The van der Waals surface area contributed by atoms with Crippen LogP contribution in [0.15, 0.2) is 47.6 Å². The van der Waals surface area contributed by atoms with Crippen LogP contribution in [0.5, 0.6) is 0 Å². The molecule has 0 saturated carbocycles. The van der Waals surface area contributed by atoms with Gasteiger partial charge in [0.2, 0.25) is 0 Å². The molecule has 0 amide bonds. The fourth-order valence-corrected chi connectivity index (χ4v) is 2.92. The molecule has 8 heteroatoms. The Bertz CT molecular complexity index is 1040. The van der Waals surface area contributed by atoms with E-state index in [9.17, 15) is 8.78 Å². The summed E-state index contributed by atoms with van der Waals surface area (Å²) in [5, 5.41) is 16.0. The molecule has 0 fully saturated rings. The summed E-state index contributed by atoms with van der Waals surface area (Å²) in [6.45, 7) is 3.36. The van der Waals surface area contributed by atoms with Crippen molar-refractivity contribution >= 4 is 40.8 Å². The van der Waals surface area contributed by atoms with Crippen molar-refractivity contribution in [3.05, 3.63) is 70.9 Å². The Morgan fingerprint density at radius 1 is 1.14 bits per heavy atom. The second-order valence-corrected chi connectivity index (χ2v) is 6.29. The summed E-state index contributed by atoms with van der Waals surface area (Å²) in [6.07, 6.45) is 2.56. The van der Waals surface area contributed by atoms with E-state index in [-0.39, 0.29) is 41.9 Å². The second-order valence-electron chi connectivity index (χ2n) is 6.29. The average molecular weight is 509 g/mol. The maximum atomic E-state index is 14.0.